The van der Waals surface area contributed by atoms with Gasteiger partial charge in [-0.3, -0.25) is 0 Å². The van der Waals surface area contributed by atoms with Gasteiger partial charge in [0.25, 0.3) is 0 Å². The molecule has 0 saturated carbocycles. The monoisotopic (exact) mass is 460 g/mol. The lowest BCUT2D eigenvalue weighted by molar-refractivity contribution is 0.312. The average molecular weight is 461 g/mol. The molecule has 1 aromatic heterocycles. The van der Waals surface area contributed by atoms with Crippen LogP contribution in [0.4, 0.5) is 23.0 Å². The van der Waals surface area contributed by atoms with Crippen LogP contribution in [0, 0.1) is 5.92 Å². The maximum atomic E-state index is 5.30. The maximum Gasteiger partial charge on any atom is 0.179 e. The minimum Gasteiger partial charge on any atom is -0.302 e. The number of hydrogen-bond acceptors (Lipinski definition) is 4. The molecule has 3 atom stereocenters. The Morgan fingerprint density at radius 1 is 0.857 bits per heavy atom. The van der Waals surface area contributed by atoms with E-state index in [1.54, 1.807) is 0 Å². The summed E-state index contributed by atoms with van der Waals surface area (Å²) in [6.07, 6.45) is 4.16. The molecule has 0 saturated heterocycles. The smallest absolute Gasteiger partial charge is 0.179 e. The van der Waals surface area contributed by atoms with E-state index in [0.717, 1.165) is 41.2 Å². The fourth-order valence-corrected chi connectivity index (χ4v) is 6.08. The van der Waals surface area contributed by atoms with Crippen molar-refractivity contribution in [3.05, 3.63) is 96.1 Å². The zero-order chi connectivity index (χ0) is 24.3. The highest BCUT2D eigenvalue weighted by molar-refractivity contribution is 5.91. The van der Waals surface area contributed by atoms with Crippen LogP contribution in [0.5, 0.6) is 0 Å². The molecule has 0 radical (unpaired) electrons. The van der Waals surface area contributed by atoms with Crippen LogP contribution in [0.25, 0.3) is 11.0 Å². The van der Waals surface area contributed by atoms with Crippen molar-refractivity contribution in [1.82, 2.24) is 9.97 Å². The predicted molar refractivity (Wildman–Crippen MR) is 146 cm³/mol. The number of para-hydroxylation sites is 2. The maximum absolute atomic E-state index is 5.30. The Bertz CT molecular complexity index is 1440. The van der Waals surface area contributed by atoms with Crippen LogP contribution in [0.2, 0.25) is 0 Å². The van der Waals surface area contributed by atoms with Gasteiger partial charge in [-0.2, -0.15) is 0 Å². The molecule has 4 aromatic rings. The van der Waals surface area contributed by atoms with Crippen molar-refractivity contribution in [3.63, 3.8) is 0 Å². The van der Waals surface area contributed by atoms with Gasteiger partial charge in [-0.1, -0.05) is 70.2 Å². The van der Waals surface area contributed by atoms with Gasteiger partial charge in [-0.25, -0.2) is 9.97 Å². The van der Waals surface area contributed by atoms with Crippen LogP contribution in [0.1, 0.15) is 44.4 Å². The number of allylic oxidation sites excluding steroid dienone is 1. The zero-order valence-electron chi connectivity index (χ0n) is 21.0. The van der Waals surface area contributed by atoms with E-state index in [4.69, 9.17) is 9.97 Å². The summed E-state index contributed by atoms with van der Waals surface area (Å²) in [6, 6.07) is 23.8. The van der Waals surface area contributed by atoms with Crippen LogP contribution in [-0.2, 0) is 18.3 Å². The van der Waals surface area contributed by atoms with E-state index in [-0.39, 0.29) is 17.5 Å². The number of hydrogen-bond donors (Lipinski definition) is 0. The van der Waals surface area contributed by atoms with Crippen LogP contribution in [0.3, 0.4) is 0 Å². The molecule has 0 bridgehead atoms. The lowest BCUT2D eigenvalue weighted by Crippen LogP contribution is -2.54. The summed E-state index contributed by atoms with van der Waals surface area (Å²) in [6.45, 7) is 13.4. The van der Waals surface area contributed by atoms with E-state index in [0.29, 0.717) is 0 Å². The minimum absolute atomic E-state index is 0.0402. The first kappa shape index (κ1) is 21.8. The molecule has 4 nitrogen and oxygen atoms in total. The standard InChI is InChI=1S/C31H32N4/c1-6-21-18-25-26(19-22(21)7-2)33-29-28(32-25)34(23-14-10-9-11-15-23)30-20(4)31(5,8-3)24-16-12-13-17-27(24)35(29)30/h8-20,30H,3,6-7H2,1-2,4-5H3. The summed E-state index contributed by atoms with van der Waals surface area (Å²) >= 11 is 0. The number of fused-ring (bicyclic) bond motifs is 6. The van der Waals surface area contributed by atoms with E-state index in [1.165, 1.54) is 22.4 Å². The Hall–Kier alpha value is -3.66. The van der Waals surface area contributed by atoms with Gasteiger partial charge in [0, 0.05) is 22.7 Å². The minimum atomic E-state index is -0.184. The molecule has 0 spiro atoms. The van der Waals surface area contributed by atoms with Crippen LogP contribution in [0.15, 0.2) is 79.4 Å². The van der Waals surface area contributed by atoms with Gasteiger partial charge >= 0.3 is 0 Å². The second-order valence-electron chi connectivity index (χ2n) is 9.97. The number of aromatic nitrogens is 2. The highest BCUT2D eigenvalue weighted by Gasteiger charge is 2.53. The molecule has 0 aliphatic carbocycles. The van der Waals surface area contributed by atoms with Crippen LogP contribution in [-0.4, -0.2) is 16.1 Å². The fraction of sp³-hybridized carbons (Fsp3) is 0.290. The van der Waals surface area contributed by atoms with E-state index in [2.05, 4.69) is 117 Å². The third kappa shape index (κ3) is 2.99. The van der Waals surface area contributed by atoms with Gasteiger partial charge in [-0.15, -0.1) is 6.58 Å². The van der Waals surface area contributed by atoms with Crippen molar-refractivity contribution >= 4 is 34.0 Å². The molecule has 3 unspecified atom stereocenters. The molecule has 0 amide bonds. The summed E-state index contributed by atoms with van der Waals surface area (Å²) in [4.78, 5) is 15.4. The number of aryl methyl sites for hydroxylation is 2. The Kier molecular flexibility index (Phi) is 4.96. The number of anilines is 4. The molecule has 0 N–H and O–H groups in total. The molecule has 2 aliphatic heterocycles. The topological polar surface area (TPSA) is 32.3 Å². The molecule has 35 heavy (non-hydrogen) atoms. The molecule has 3 aromatic carbocycles. The van der Waals surface area contributed by atoms with Crippen molar-refractivity contribution in [3.8, 4) is 0 Å². The fourth-order valence-electron chi connectivity index (χ4n) is 6.08. The Balaban J connectivity index is 1.68. The summed E-state index contributed by atoms with van der Waals surface area (Å²) in [7, 11) is 0. The highest BCUT2D eigenvalue weighted by atomic mass is 15.5. The quantitative estimate of drug-likeness (QED) is 0.296. The molecule has 6 rings (SSSR count). The summed E-state index contributed by atoms with van der Waals surface area (Å²) < 4.78 is 0. The SMILES string of the molecule is C=CC1(C)c2ccccc2N2c3nc4cc(CC)c(CC)cc4nc3N(c3ccccc3)C2C1C. The molecule has 3 heterocycles. The number of nitrogens with zero attached hydrogens (tertiary/aromatic N) is 4. The van der Waals surface area contributed by atoms with Crippen molar-refractivity contribution < 1.29 is 0 Å². The van der Waals surface area contributed by atoms with Gasteiger partial charge in [-0.05, 0) is 59.9 Å². The largest absolute Gasteiger partial charge is 0.302 e. The second-order valence-corrected chi connectivity index (χ2v) is 9.97. The molecule has 4 heteroatoms. The Morgan fingerprint density at radius 2 is 1.43 bits per heavy atom. The zero-order valence-corrected chi connectivity index (χ0v) is 21.0. The van der Waals surface area contributed by atoms with E-state index in [1.807, 2.05) is 0 Å². The highest BCUT2D eigenvalue weighted by Crippen LogP contribution is 2.57. The lowest BCUT2D eigenvalue weighted by atomic mass is 9.68. The lowest BCUT2D eigenvalue weighted by Gasteiger charge is -2.49. The summed E-state index contributed by atoms with van der Waals surface area (Å²) in [5.74, 6) is 2.10. The van der Waals surface area contributed by atoms with Gasteiger partial charge in [0.1, 0.15) is 6.17 Å². The van der Waals surface area contributed by atoms with Crippen molar-refractivity contribution in [2.24, 2.45) is 5.92 Å². The molecule has 176 valence electrons. The molecular formula is C31H32N4. The Morgan fingerprint density at radius 3 is 2.03 bits per heavy atom. The summed E-state index contributed by atoms with van der Waals surface area (Å²) in [5, 5.41) is 0. The second kappa shape index (κ2) is 7.94. The first-order chi connectivity index (χ1) is 17.0. The number of rotatable bonds is 4. The van der Waals surface area contributed by atoms with Gasteiger partial charge in [0.05, 0.1) is 11.0 Å². The first-order valence-corrected chi connectivity index (χ1v) is 12.7. The first-order valence-electron chi connectivity index (χ1n) is 12.7. The van der Waals surface area contributed by atoms with Crippen LogP contribution < -0.4 is 9.80 Å². The average Bonchev–Trinajstić information content (AvgIpc) is 3.24. The molecular weight excluding hydrogens is 428 g/mol. The Labute approximate surface area is 207 Å². The third-order valence-electron chi connectivity index (χ3n) is 8.29. The van der Waals surface area contributed by atoms with Crippen molar-refractivity contribution in [2.75, 3.05) is 9.80 Å². The molecule has 2 aliphatic rings. The predicted octanol–water partition coefficient (Wildman–Crippen LogP) is 7.46. The van der Waals surface area contributed by atoms with Crippen molar-refractivity contribution in [2.45, 2.75) is 52.1 Å². The third-order valence-corrected chi connectivity index (χ3v) is 8.29. The number of benzene rings is 3. The van der Waals surface area contributed by atoms with Crippen molar-refractivity contribution in [1.29, 1.82) is 0 Å². The van der Waals surface area contributed by atoms with E-state index >= 15 is 0 Å². The van der Waals surface area contributed by atoms with Gasteiger partial charge in [0.2, 0.25) is 0 Å². The summed E-state index contributed by atoms with van der Waals surface area (Å²) in [5.41, 5.74) is 8.07. The normalized spacial score (nSPS) is 22.6. The van der Waals surface area contributed by atoms with Gasteiger partial charge < -0.3 is 9.80 Å². The van der Waals surface area contributed by atoms with Crippen LogP contribution >= 0.6 is 0 Å². The molecule has 0 fully saturated rings. The van der Waals surface area contributed by atoms with E-state index in [9.17, 15) is 0 Å². The van der Waals surface area contributed by atoms with E-state index < -0.39 is 0 Å². The van der Waals surface area contributed by atoms with Gasteiger partial charge in [0.15, 0.2) is 11.6 Å².